The molecular formula is C24H20F2N4O3S. The molecule has 1 aliphatic heterocycles. The second-order valence-electron chi connectivity index (χ2n) is 7.70. The molecular weight excluding hydrogens is 462 g/mol. The lowest BCUT2D eigenvalue weighted by molar-refractivity contribution is 0.161. The number of hydrogen-bond donors (Lipinski definition) is 0. The predicted octanol–water partition coefficient (Wildman–Crippen LogP) is 4.72. The van der Waals surface area contributed by atoms with Crippen molar-refractivity contribution in [3.8, 4) is 16.5 Å². The zero-order valence-electron chi connectivity index (χ0n) is 18.2. The van der Waals surface area contributed by atoms with Crippen LogP contribution in [0, 0.1) is 18.6 Å². The summed E-state index contributed by atoms with van der Waals surface area (Å²) in [6, 6.07) is 10.4. The third-order valence-corrected chi connectivity index (χ3v) is 6.52. The molecule has 0 N–H and O–H groups in total. The predicted molar refractivity (Wildman–Crippen MR) is 124 cm³/mol. The summed E-state index contributed by atoms with van der Waals surface area (Å²) < 4.78 is 41.6. The Bertz CT molecular complexity index is 1400. The van der Waals surface area contributed by atoms with Crippen LogP contribution < -0.4 is 10.4 Å². The maximum Gasteiger partial charge on any atom is 0.350 e. The molecule has 0 bridgehead atoms. The Kier molecular flexibility index (Phi) is 6.08. The number of hydrogen-bond acceptors (Lipinski definition) is 6. The Labute approximate surface area is 197 Å². The molecule has 2 aromatic carbocycles. The first-order valence-electron chi connectivity index (χ1n) is 10.6. The van der Waals surface area contributed by atoms with Crippen molar-refractivity contribution >= 4 is 16.9 Å². The fourth-order valence-electron chi connectivity index (χ4n) is 3.57. The van der Waals surface area contributed by atoms with Gasteiger partial charge < -0.3 is 9.47 Å². The highest BCUT2D eigenvalue weighted by Gasteiger charge is 2.16. The van der Waals surface area contributed by atoms with Crippen LogP contribution in [0.2, 0.25) is 0 Å². The van der Waals surface area contributed by atoms with Gasteiger partial charge in [-0.3, -0.25) is 4.57 Å². The molecule has 0 amide bonds. The van der Waals surface area contributed by atoms with Crippen molar-refractivity contribution in [3.05, 3.63) is 93.3 Å². The van der Waals surface area contributed by atoms with E-state index >= 15 is 0 Å². The average molecular weight is 483 g/mol. The van der Waals surface area contributed by atoms with Crippen molar-refractivity contribution in [2.75, 3.05) is 13.2 Å². The number of nitrogens with zero attached hydrogens (tertiary/aromatic N) is 4. The summed E-state index contributed by atoms with van der Waals surface area (Å²) in [6.07, 6.45) is 4.12. The standard InChI is InChI=1S/C24H20F2N4O3S/c1-15-23(34-22(28-15)16-9-11-32-12-10-16)33-18-7-5-17(6-8-18)30-24(31)29(14-27-30)13-19-20(25)3-2-4-21(19)26/h2-9,14H,10-13H2,1H3. The molecule has 0 atom stereocenters. The quantitative estimate of drug-likeness (QED) is 0.398. The molecule has 2 aromatic heterocycles. The number of ether oxygens (including phenoxy) is 2. The summed E-state index contributed by atoms with van der Waals surface area (Å²) in [6.45, 7) is 2.92. The van der Waals surface area contributed by atoms with E-state index in [1.54, 1.807) is 24.3 Å². The van der Waals surface area contributed by atoms with Gasteiger partial charge in [0.2, 0.25) is 5.06 Å². The molecule has 7 nitrogen and oxygen atoms in total. The second-order valence-corrected chi connectivity index (χ2v) is 8.66. The maximum absolute atomic E-state index is 13.9. The highest BCUT2D eigenvalue weighted by molar-refractivity contribution is 7.14. The molecule has 174 valence electrons. The largest absolute Gasteiger partial charge is 0.445 e. The monoisotopic (exact) mass is 482 g/mol. The summed E-state index contributed by atoms with van der Waals surface area (Å²) in [7, 11) is 0. The number of aryl methyl sites for hydroxylation is 1. The normalized spacial score (nSPS) is 13.7. The van der Waals surface area contributed by atoms with Crippen LogP contribution >= 0.6 is 11.3 Å². The smallest absolute Gasteiger partial charge is 0.350 e. The SMILES string of the molecule is Cc1nc(C2=CCOCC2)sc1Oc1ccc(-n2ncn(Cc3c(F)cccc3F)c2=O)cc1. The van der Waals surface area contributed by atoms with Gasteiger partial charge in [0, 0.05) is 5.56 Å². The summed E-state index contributed by atoms with van der Waals surface area (Å²) in [5, 5.41) is 5.71. The van der Waals surface area contributed by atoms with Gasteiger partial charge in [0.15, 0.2) is 0 Å². The molecule has 3 heterocycles. The van der Waals surface area contributed by atoms with E-state index in [1.807, 2.05) is 13.0 Å². The molecule has 0 unspecified atom stereocenters. The van der Waals surface area contributed by atoms with E-state index in [0.717, 1.165) is 44.1 Å². The Morgan fingerprint density at radius 3 is 2.62 bits per heavy atom. The van der Waals surface area contributed by atoms with Crippen molar-refractivity contribution in [3.63, 3.8) is 0 Å². The average Bonchev–Trinajstić information content (AvgIpc) is 3.40. The van der Waals surface area contributed by atoms with Gasteiger partial charge in [-0.2, -0.15) is 9.78 Å². The van der Waals surface area contributed by atoms with Crippen LogP contribution in [0.1, 0.15) is 22.7 Å². The zero-order chi connectivity index (χ0) is 23.7. The van der Waals surface area contributed by atoms with Gasteiger partial charge in [0.25, 0.3) is 0 Å². The molecule has 4 aromatic rings. The summed E-state index contributed by atoms with van der Waals surface area (Å²) in [5.74, 6) is -0.838. The van der Waals surface area contributed by atoms with Crippen LogP contribution in [0.15, 0.2) is 59.7 Å². The molecule has 0 saturated carbocycles. The van der Waals surface area contributed by atoms with Crippen molar-refractivity contribution in [2.24, 2.45) is 0 Å². The maximum atomic E-state index is 13.9. The molecule has 0 saturated heterocycles. The number of aromatic nitrogens is 4. The van der Waals surface area contributed by atoms with Gasteiger partial charge >= 0.3 is 5.69 Å². The highest BCUT2D eigenvalue weighted by atomic mass is 32.1. The number of thiazole rings is 1. The van der Waals surface area contributed by atoms with Gasteiger partial charge in [-0.15, -0.1) is 0 Å². The van der Waals surface area contributed by atoms with E-state index in [4.69, 9.17) is 9.47 Å². The van der Waals surface area contributed by atoms with Crippen LogP contribution in [0.25, 0.3) is 11.3 Å². The van der Waals surface area contributed by atoms with E-state index in [2.05, 4.69) is 10.1 Å². The first-order valence-corrected chi connectivity index (χ1v) is 11.4. The van der Waals surface area contributed by atoms with Crippen LogP contribution in [-0.4, -0.2) is 32.5 Å². The van der Waals surface area contributed by atoms with Crippen molar-refractivity contribution in [2.45, 2.75) is 19.9 Å². The van der Waals surface area contributed by atoms with E-state index in [9.17, 15) is 13.6 Å². The molecule has 0 fully saturated rings. The number of rotatable bonds is 6. The Balaban J connectivity index is 1.33. The summed E-state index contributed by atoms with van der Waals surface area (Å²) in [4.78, 5) is 17.4. The minimum absolute atomic E-state index is 0.191. The molecule has 0 spiro atoms. The van der Waals surface area contributed by atoms with E-state index in [0.29, 0.717) is 29.7 Å². The fraction of sp³-hybridized carbons (Fsp3) is 0.208. The van der Waals surface area contributed by atoms with Gasteiger partial charge in [-0.05, 0) is 55.3 Å². The molecule has 0 aliphatic carbocycles. The number of benzene rings is 2. The minimum atomic E-state index is -0.712. The Morgan fingerprint density at radius 2 is 1.91 bits per heavy atom. The highest BCUT2D eigenvalue weighted by Crippen LogP contribution is 2.36. The lowest BCUT2D eigenvalue weighted by Crippen LogP contribution is -2.24. The third-order valence-electron chi connectivity index (χ3n) is 5.41. The van der Waals surface area contributed by atoms with Crippen LogP contribution in [0.5, 0.6) is 10.8 Å². The minimum Gasteiger partial charge on any atom is -0.445 e. The van der Waals surface area contributed by atoms with Gasteiger partial charge in [-0.1, -0.05) is 23.5 Å². The second kappa shape index (κ2) is 9.32. The topological polar surface area (TPSA) is 71.2 Å². The Morgan fingerprint density at radius 1 is 1.15 bits per heavy atom. The van der Waals surface area contributed by atoms with E-state index in [1.165, 1.54) is 23.7 Å². The first kappa shape index (κ1) is 22.2. The Hall–Kier alpha value is -3.63. The number of halogens is 2. The molecule has 34 heavy (non-hydrogen) atoms. The molecule has 10 heteroatoms. The summed E-state index contributed by atoms with van der Waals surface area (Å²) >= 11 is 1.48. The molecule has 0 radical (unpaired) electrons. The van der Waals surface area contributed by atoms with Crippen molar-refractivity contribution in [1.29, 1.82) is 0 Å². The van der Waals surface area contributed by atoms with Crippen LogP contribution in [0.4, 0.5) is 8.78 Å². The van der Waals surface area contributed by atoms with Crippen molar-refractivity contribution in [1.82, 2.24) is 19.3 Å². The zero-order valence-corrected chi connectivity index (χ0v) is 19.0. The van der Waals surface area contributed by atoms with E-state index in [-0.39, 0.29) is 12.1 Å². The fourth-order valence-corrected chi connectivity index (χ4v) is 4.58. The third kappa shape index (κ3) is 4.42. The molecule has 5 rings (SSSR count). The van der Waals surface area contributed by atoms with Crippen LogP contribution in [0.3, 0.4) is 0 Å². The van der Waals surface area contributed by atoms with Crippen molar-refractivity contribution < 1.29 is 18.3 Å². The van der Waals surface area contributed by atoms with Crippen LogP contribution in [-0.2, 0) is 11.3 Å². The first-order chi connectivity index (χ1) is 16.5. The molecule has 1 aliphatic rings. The summed E-state index contributed by atoms with van der Waals surface area (Å²) in [5.41, 5.74) is 1.76. The lowest BCUT2D eigenvalue weighted by Gasteiger charge is -2.10. The lowest BCUT2D eigenvalue weighted by atomic mass is 10.2. The van der Waals surface area contributed by atoms with Gasteiger partial charge in [-0.25, -0.2) is 18.6 Å². The van der Waals surface area contributed by atoms with Gasteiger partial charge in [0.05, 0.1) is 31.1 Å². The van der Waals surface area contributed by atoms with E-state index < -0.39 is 17.3 Å². The van der Waals surface area contributed by atoms with Gasteiger partial charge in [0.1, 0.15) is 28.7 Å².